The lowest BCUT2D eigenvalue weighted by Crippen LogP contribution is -2.31. The van der Waals surface area contributed by atoms with E-state index in [-0.39, 0.29) is 12.3 Å². The molecule has 2 amide bonds. The molecule has 0 unspecified atom stereocenters. The van der Waals surface area contributed by atoms with Crippen LogP contribution in [0.4, 0.5) is 0 Å². The SMILES string of the molecule is O=C(CC(=O)N/N=C\c1ccc(Cl)cc1)NCCc1ccccc1. The predicted molar refractivity (Wildman–Crippen MR) is 95.0 cm³/mol. The first kappa shape index (κ1) is 17.7. The quantitative estimate of drug-likeness (QED) is 0.461. The molecule has 0 fully saturated rings. The van der Waals surface area contributed by atoms with E-state index in [1.54, 1.807) is 24.3 Å². The van der Waals surface area contributed by atoms with Gasteiger partial charge in [0.25, 0.3) is 0 Å². The fourth-order valence-corrected chi connectivity index (χ4v) is 2.09. The monoisotopic (exact) mass is 343 g/mol. The minimum atomic E-state index is -0.461. The van der Waals surface area contributed by atoms with Crippen molar-refractivity contribution in [2.45, 2.75) is 12.8 Å². The van der Waals surface area contributed by atoms with E-state index in [1.807, 2.05) is 30.3 Å². The van der Waals surface area contributed by atoms with Crippen LogP contribution in [0.15, 0.2) is 59.7 Å². The van der Waals surface area contributed by atoms with E-state index >= 15 is 0 Å². The molecule has 2 aromatic carbocycles. The van der Waals surface area contributed by atoms with Crippen molar-refractivity contribution in [3.8, 4) is 0 Å². The third-order valence-corrected chi connectivity index (χ3v) is 3.42. The zero-order valence-electron chi connectivity index (χ0n) is 13.0. The molecule has 2 aromatic rings. The van der Waals surface area contributed by atoms with E-state index in [9.17, 15) is 9.59 Å². The molecule has 0 saturated carbocycles. The van der Waals surface area contributed by atoms with Gasteiger partial charge >= 0.3 is 0 Å². The topological polar surface area (TPSA) is 70.6 Å². The number of benzene rings is 2. The number of halogens is 1. The van der Waals surface area contributed by atoms with Crippen molar-refractivity contribution >= 4 is 29.6 Å². The normalized spacial score (nSPS) is 10.5. The summed E-state index contributed by atoms with van der Waals surface area (Å²) in [6.07, 6.45) is 1.96. The molecule has 0 atom stereocenters. The Morgan fingerprint density at radius 3 is 2.42 bits per heavy atom. The van der Waals surface area contributed by atoms with Gasteiger partial charge in [-0.05, 0) is 29.7 Å². The van der Waals surface area contributed by atoms with Gasteiger partial charge in [-0.2, -0.15) is 5.10 Å². The van der Waals surface area contributed by atoms with Crippen LogP contribution in [0.1, 0.15) is 17.5 Å². The van der Waals surface area contributed by atoms with Crippen LogP contribution in [0.5, 0.6) is 0 Å². The summed E-state index contributed by atoms with van der Waals surface area (Å²) in [5, 5.41) is 7.14. The maximum atomic E-state index is 11.7. The zero-order valence-corrected chi connectivity index (χ0v) is 13.8. The van der Waals surface area contributed by atoms with Crippen LogP contribution in [0.3, 0.4) is 0 Å². The van der Waals surface area contributed by atoms with Gasteiger partial charge in [0.15, 0.2) is 0 Å². The number of carbonyl (C=O) groups excluding carboxylic acids is 2. The molecular weight excluding hydrogens is 326 g/mol. The van der Waals surface area contributed by atoms with Crippen LogP contribution in [0.2, 0.25) is 5.02 Å². The zero-order chi connectivity index (χ0) is 17.2. The average molecular weight is 344 g/mol. The van der Waals surface area contributed by atoms with Crippen molar-refractivity contribution in [2.24, 2.45) is 5.10 Å². The first-order valence-corrected chi connectivity index (χ1v) is 7.89. The molecule has 0 radical (unpaired) electrons. The maximum absolute atomic E-state index is 11.7. The molecule has 0 aliphatic heterocycles. The molecule has 2 rings (SSSR count). The van der Waals surface area contributed by atoms with Crippen molar-refractivity contribution < 1.29 is 9.59 Å². The summed E-state index contributed by atoms with van der Waals surface area (Å²) in [6, 6.07) is 16.8. The van der Waals surface area contributed by atoms with Gasteiger partial charge in [0.05, 0.1) is 6.21 Å². The average Bonchev–Trinajstić information content (AvgIpc) is 2.57. The Hall–Kier alpha value is -2.66. The molecule has 24 heavy (non-hydrogen) atoms. The van der Waals surface area contributed by atoms with Gasteiger partial charge in [-0.25, -0.2) is 5.43 Å². The van der Waals surface area contributed by atoms with E-state index in [0.717, 1.165) is 17.5 Å². The molecule has 0 heterocycles. The van der Waals surface area contributed by atoms with Crippen molar-refractivity contribution in [3.05, 3.63) is 70.7 Å². The third kappa shape index (κ3) is 6.62. The molecule has 2 N–H and O–H groups in total. The number of hydrogen-bond donors (Lipinski definition) is 2. The fraction of sp³-hybridized carbons (Fsp3) is 0.167. The van der Waals surface area contributed by atoms with Gasteiger partial charge in [-0.3, -0.25) is 9.59 Å². The summed E-state index contributed by atoms with van der Waals surface area (Å²) in [6.45, 7) is 0.490. The van der Waals surface area contributed by atoms with E-state index in [4.69, 9.17) is 11.6 Å². The predicted octanol–water partition coefficient (Wildman–Crippen LogP) is 2.54. The Morgan fingerprint density at radius 2 is 1.71 bits per heavy atom. The lowest BCUT2D eigenvalue weighted by molar-refractivity contribution is -0.129. The Labute approximate surface area is 145 Å². The highest BCUT2D eigenvalue weighted by molar-refractivity contribution is 6.30. The molecule has 0 aliphatic rings. The molecule has 0 aliphatic carbocycles. The molecular formula is C18H18ClN3O2. The molecule has 0 bridgehead atoms. The summed E-state index contributed by atoms with van der Waals surface area (Å²) in [4.78, 5) is 23.3. The number of rotatable bonds is 7. The second kappa shape index (κ2) is 9.47. The second-order valence-electron chi connectivity index (χ2n) is 5.11. The van der Waals surface area contributed by atoms with Gasteiger partial charge < -0.3 is 5.32 Å². The van der Waals surface area contributed by atoms with Crippen LogP contribution in [-0.4, -0.2) is 24.6 Å². The Balaban J connectivity index is 1.66. The number of carbonyl (C=O) groups is 2. The van der Waals surface area contributed by atoms with E-state index in [2.05, 4.69) is 15.8 Å². The molecule has 5 nitrogen and oxygen atoms in total. The molecule has 6 heteroatoms. The van der Waals surface area contributed by atoms with Crippen molar-refractivity contribution in [2.75, 3.05) is 6.54 Å². The van der Waals surface area contributed by atoms with E-state index < -0.39 is 5.91 Å². The highest BCUT2D eigenvalue weighted by Gasteiger charge is 2.07. The fourth-order valence-electron chi connectivity index (χ4n) is 1.97. The smallest absolute Gasteiger partial charge is 0.249 e. The van der Waals surface area contributed by atoms with Crippen LogP contribution in [-0.2, 0) is 16.0 Å². The number of hydrazone groups is 1. The first-order chi connectivity index (χ1) is 11.6. The standard InChI is InChI=1S/C18H18ClN3O2/c19-16-8-6-15(7-9-16)13-21-22-18(24)12-17(23)20-11-10-14-4-2-1-3-5-14/h1-9,13H,10-12H2,(H,20,23)(H,22,24)/b21-13-. The van der Waals surface area contributed by atoms with E-state index in [1.165, 1.54) is 6.21 Å². The van der Waals surface area contributed by atoms with Crippen LogP contribution < -0.4 is 10.7 Å². The molecule has 124 valence electrons. The minimum Gasteiger partial charge on any atom is -0.355 e. The van der Waals surface area contributed by atoms with Gasteiger partial charge in [-0.15, -0.1) is 0 Å². The number of amides is 2. The van der Waals surface area contributed by atoms with Gasteiger partial charge in [0, 0.05) is 11.6 Å². The summed E-state index contributed by atoms with van der Waals surface area (Å²) in [7, 11) is 0. The van der Waals surface area contributed by atoms with Crippen LogP contribution in [0.25, 0.3) is 0 Å². The largest absolute Gasteiger partial charge is 0.355 e. The lowest BCUT2D eigenvalue weighted by atomic mass is 10.1. The second-order valence-corrected chi connectivity index (χ2v) is 5.54. The van der Waals surface area contributed by atoms with Crippen molar-refractivity contribution in [1.29, 1.82) is 0 Å². The number of nitrogens with one attached hydrogen (secondary N) is 2. The van der Waals surface area contributed by atoms with Gasteiger partial charge in [-0.1, -0.05) is 54.1 Å². The Bertz CT molecular complexity index is 700. The molecule has 0 saturated heterocycles. The maximum Gasteiger partial charge on any atom is 0.249 e. The number of hydrogen-bond acceptors (Lipinski definition) is 3. The van der Waals surface area contributed by atoms with E-state index in [0.29, 0.717) is 11.6 Å². The van der Waals surface area contributed by atoms with Gasteiger partial charge in [0.2, 0.25) is 11.8 Å². The van der Waals surface area contributed by atoms with Crippen molar-refractivity contribution in [3.63, 3.8) is 0 Å². The summed E-state index contributed by atoms with van der Waals surface area (Å²) >= 11 is 5.78. The third-order valence-electron chi connectivity index (χ3n) is 3.17. The first-order valence-electron chi connectivity index (χ1n) is 7.51. The minimum absolute atomic E-state index is 0.257. The summed E-state index contributed by atoms with van der Waals surface area (Å²) in [5.41, 5.74) is 4.25. The lowest BCUT2D eigenvalue weighted by Gasteiger charge is -2.04. The summed E-state index contributed by atoms with van der Waals surface area (Å²) < 4.78 is 0. The highest BCUT2D eigenvalue weighted by Crippen LogP contribution is 2.07. The molecule has 0 spiro atoms. The molecule has 0 aromatic heterocycles. The Kier molecular flexibility index (Phi) is 6.98. The van der Waals surface area contributed by atoms with Gasteiger partial charge in [0.1, 0.15) is 6.42 Å². The highest BCUT2D eigenvalue weighted by atomic mass is 35.5. The Morgan fingerprint density at radius 1 is 1.00 bits per heavy atom. The summed E-state index contributed by atoms with van der Waals surface area (Å²) in [5.74, 6) is -0.789. The van der Waals surface area contributed by atoms with Crippen LogP contribution in [0, 0.1) is 0 Å². The van der Waals surface area contributed by atoms with Crippen LogP contribution >= 0.6 is 11.6 Å². The number of nitrogens with zero attached hydrogens (tertiary/aromatic N) is 1. The van der Waals surface area contributed by atoms with Crippen molar-refractivity contribution in [1.82, 2.24) is 10.7 Å².